The standard InChI is InChI=1S/C34H36N4O2/c1-23(33-29(22-39)6-5-7-32(33)27-10-8-26(18-35)9-11-27)19-36(4)30-14-16-31(17-15-30)37-20-24(2)38(25(3)21-37)34(40)28-12-13-28/h5-11,14-17,19,22,24-25,28H,12-13,20-21H2,1-4H3/b23-19-. The van der Waals surface area contributed by atoms with E-state index in [-0.39, 0.29) is 18.0 Å². The number of aldehydes is 1. The highest BCUT2D eigenvalue weighted by Crippen LogP contribution is 2.35. The average Bonchev–Trinajstić information content (AvgIpc) is 3.82. The minimum atomic E-state index is 0.188. The van der Waals surface area contributed by atoms with Crippen LogP contribution in [0.3, 0.4) is 0 Å². The van der Waals surface area contributed by atoms with Gasteiger partial charge >= 0.3 is 0 Å². The van der Waals surface area contributed by atoms with E-state index in [1.165, 1.54) is 0 Å². The van der Waals surface area contributed by atoms with Gasteiger partial charge in [0.2, 0.25) is 5.91 Å². The summed E-state index contributed by atoms with van der Waals surface area (Å²) in [5, 5.41) is 9.17. The first-order chi connectivity index (χ1) is 19.3. The van der Waals surface area contributed by atoms with E-state index in [1.54, 1.807) is 12.1 Å². The molecule has 6 heteroatoms. The summed E-state index contributed by atoms with van der Waals surface area (Å²) in [6, 6.07) is 24.2. The van der Waals surface area contributed by atoms with Crippen molar-refractivity contribution in [2.45, 2.75) is 45.7 Å². The number of nitriles is 1. The summed E-state index contributed by atoms with van der Waals surface area (Å²) < 4.78 is 0. The molecule has 3 aromatic rings. The highest BCUT2D eigenvalue weighted by Gasteiger charge is 2.40. The van der Waals surface area contributed by atoms with Crippen LogP contribution in [0.5, 0.6) is 0 Å². The van der Waals surface area contributed by atoms with E-state index in [0.29, 0.717) is 17.0 Å². The van der Waals surface area contributed by atoms with Gasteiger partial charge in [-0.05, 0) is 92.3 Å². The number of nitrogens with zero attached hydrogens (tertiary/aromatic N) is 4. The van der Waals surface area contributed by atoms with Gasteiger partial charge in [0.15, 0.2) is 6.29 Å². The van der Waals surface area contributed by atoms with E-state index in [2.05, 4.69) is 65.1 Å². The van der Waals surface area contributed by atoms with Crippen LogP contribution in [0.1, 0.15) is 55.1 Å². The van der Waals surface area contributed by atoms with Gasteiger partial charge in [-0.2, -0.15) is 5.26 Å². The highest BCUT2D eigenvalue weighted by atomic mass is 16.2. The lowest BCUT2D eigenvalue weighted by atomic mass is 9.91. The number of carbonyl (C=O) groups is 2. The highest BCUT2D eigenvalue weighted by molar-refractivity contribution is 5.93. The maximum absolute atomic E-state index is 12.8. The molecule has 2 unspecified atom stereocenters. The molecule has 1 saturated heterocycles. The molecule has 0 aromatic heterocycles. The van der Waals surface area contributed by atoms with Crippen molar-refractivity contribution in [3.05, 3.63) is 89.6 Å². The molecule has 2 aliphatic rings. The van der Waals surface area contributed by atoms with Gasteiger partial charge in [0, 0.05) is 61.3 Å². The quantitative estimate of drug-likeness (QED) is 0.331. The van der Waals surface area contributed by atoms with Gasteiger partial charge < -0.3 is 14.7 Å². The fraction of sp³-hybridized carbons (Fsp3) is 0.324. The van der Waals surface area contributed by atoms with Crippen LogP contribution in [-0.2, 0) is 4.79 Å². The molecule has 1 aliphatic heterocycles. The Bertz CT molecular complexity index is 1450. The molecule has 3 aromatic carbocycles. The zero-order valence-corrected chi connectivity index (χ0v) is 23.7. The predicted octanol–water partition coefficient (Wildman–Crippen LogP) is 6.37. The summed E-state index contributed by atoms with van der Waals surface area (Å²) in [7, 11) is 2.01. The maximum Gasteiger partial charge on any atom is 0.226 e. The van der Waals surface area contributed by atoms with Crippen molar-refractivity contribution in [1.82, 2.24) is 4.90 Å². The van der Waals surface area contributed by atoms with E-state index in [1.807, 2.05) is 44.3 Å². The molecule has 2 atom stereocenters. The molecular formula is C34H36N4O2. The normalized spacial score (nSPS) is 19.2. The van der Waals surface area contributed by atoms with Gasteiger partial charge in [-0.25, -0.2) is 0 Å². The Morgan fingerprint density at radius 2 is 1.62 bits per heavy atom. The number of benzene rings is 3. The summed E-state index contributed by atoms with van der Waals surface area (Å²) in [5.74, 6) is 0.582. The topological polar surface area (TPSA) is 67.7 Å². The molecule has 40 heavy (non-hydrogen) atoms. The second kappa shape index (κ2) is 11.4. The predicted molar refractivity (Wildman–Crippen MR) is 161 cm³/mol. The summed E-state index contributed by atoms with van der Waals surface area (Å²) in [6.07, 6.45) is 5.03. The van der Waals surface area contributed by atoms with Crippen molar-refractivity contribution < 1.29 is 9.59 Å². The monoisotopic (exact) mass is 532 g/mol. The number of anilines is 2. The van der Waals surface area contributed by atoms with Crippen molar-refractivity contribution >= 4 is 29.1 Å². The lowest BCUT2D eigenvalue weighted by Crippen LogP contribution is -2.59. The number of piperazine rings is 1. The molecule has 1 heterocycles. The van der Waals surface area contributed by atoms with Crippen LogP contribution < -0.4 is 9.80 Å². The Morgan fingerprint density at radius 1 is 0.975 bits per heavy atom. The molecular weight excluding hydrogens is 496 g/mol. The first-order valence-corrected chi connectivity index (χ1v) is 14.0. The summed E-state index contributed by atoms with van der Waals surface area (Å²) in [6.45, 7) is 7.99. The van der Waals surface area contributed by atoms with Crippen LogP contribution in [0.25, 0.3) is 16.7 Å². The van der Waals surface area contributed by atoms with E-state index in [0.717, 1.165) is 65.9 Å². The van der Waals surface area contributed by atoms with Crippen LogP contribution >= 0.6 is 0 Å². The van der Waals surface area contributed by atoms with Crippen LogP contribution in [0.15, 0.2) is 72.9 Å². The minimum absolute atomic E-state index is 0.188. The third-order valence-electron chi connectivity index (χ3n) is 8.05. The van der Waals surface area contributed by atoms with Crippen molar-refractivity contribution in [2.75, 3.05) is 29.9 Å². The number of rotatable bonds is 7. The van der Waals surface area contributed by atoms with E-state index < -0.39 is 0 Å². The first-order valence-electron chi connectivity index (χ1n) is 14.0. The molecule has 0 spiro atoms. The molecule has 0 bridgehead atoms. The van der Waals surface area contributed by atoms with Crippen molar-refractivity contribution in [3.8, 4) is 17.2 Å². The van der Waals surface area contributed by atoms with Crippen LogP contribution in [0, 0.1) is 17.2 Å². The Balaban J connectivity index is 1.35. The van der Waals surface area contributed by atoms with Crippen molar-refractivity contribution in [3.63, 3.8) is 0 Å². The lowest BCUT2D eigenvalue weighted by Gasteiger charge is -2.45. The SMILES string of the molecule is C/C(=C/N(C)c1ccc(N2CC(C)N(C(=O)C3CC3)C(C)C2)cc1)c1c(C=O)cccc1-c1ccc(C#N)cc1. The van der Waals surface area contributed by atoms with E-state index in [4.69, 9.17) is 5.26 Å². The fourth-order valence-corrected chi connectivity index (χ4v) is 5.91. The average molecular weight is 533 g/mol. The third kappa shape index (κ3) is 5.51. The number of allylic oxidation sites excluding steroid dienone is 1. The zero-order valence-electron chi connectivity index (χ0n) is 23.7. The maximum atomic E-state index is 12.8. The molecule has 0 N–H and O–H groups in total. The van der Waals surface area contributed by atoms with Crippen LogP contribution in [-0.4, -0.2) is 49.3 Å². The van der Waals surface area contributed by atoms with Crippen molar-refractivity contribution in [1.29, 1.82) is 5.26 Å². The third-order valence-corrected chi connectivity index (χ3v) is 8.05. The molecule has 1 saturated carbocycles. The van der Waals surface area contributed by atoms with Gasteiger partial charge in [-0.15, -0.1) is 0 Å². The number of amides is 1. The first kappa shape index (κ1) is 27.2. The summed E-state index contributed by atoms with van der Waals surface area (Å²) in [4.78, 5) is 31.3. The van der Waals surface area contributed by atoms with Gasteiger partial charge in [-0.3, -0.25) is 9.59 Å². The Labute approximate surface area is 237 Å². The number of carbonyl (C=O) groups excluding carboxylic acids is 2. The van der Waals surface area contributed by atoms with Gasteiger partial charge in [0.1, 0.15) is 0 Å². The Morgan fingerprint density at radius 3 is 2.20 bits per heavy atom. The number of hydrogen-bond donors (Lipinski definition) is 0. The second-order valence-corrected chi connectivity index (χ2v) is 11.1. The molecule has 1 aliphatic carbocycles. The van der Waals surface area contributed by atoms with Gasteiger partial charge in [0.05, 0.1) is 11.6 Å². The summed E-state index contributed by atoms with van der Waals surface area (Å²) >= 11 is 0. The molecule has 6 nitrogen and oxygen atoms in total. The van der Waals surface area contributed by atoms with E-state index in [9.17, 15) is 9.59 Å². The van der Waals surface area contributed by atoms with Crippen molar-refractivity contribution in [2.24, 2.45) is 5.92 Å². The second-order valence-electron chi connectivity index (χ2n) is 11.1. The van der Waals surface area contributed by atoms with Crippen LogP contribution in [0.4, 0.5) is 11.4 Å². The molecule has 1 amide bonds. The van der Waals surface area contributed by atoms with E-state index >= 15 is 0 Å². The van der Waals surface area contributed by atoms with Gasteiger partial charge in [0.25, 0.3) is 0 Å². The minimum Gasteiger partial charge on any atom is -0.367 e. The Hall–Kier alpha value is -4.37. The van der Waals surface area contributed by atoms with Gasteiger partial charge in [-0.1, -0.05) is 30.3 Å². The lowest BCUT2D eigenvalue weighted by molar-refractivity contribution is -0.137. The Kier molecular flexibility index (Phi) is 7.75. The molecule has 204 valence electrons. The summed E-state index contributed by atoms with van der Waals surface area (Å²) in [5.41, 5.74) is 7.18. The fourth-order valence-electron chi connectivity index (χ4n) is 5.91. The number of hydrogen-bond acceptors (Lipinski definition) is 5. The largest absolute Gasteiger partial charge is 0.367 e. The molecule has 5 rings (SSSR count). The smallest absolute Gasteiger partial charge is 0.226 e. The molecule has 2 fully saturated rings. The molecule has 0 radical (unpaired) electrons. The van der Waals surface area contributed by atoms with Crippen LogP contribution in [0.2, 0.25) is 0 Å². The zero-order chi connectivity index (χ0) is 28.4.